The fourth-order valence-electron chi connectivity index (χ4n) is 3.52. The zero-order chi connectivity index (χ0) is 22.9. The number of aromatic nitrogens is 3. The third kappa shape index (κ3) is 4.93. The molecule has 0 saturated heterocycles. The van der Waals surface area contributed by atoms with Gasteiger partial charge in [-0.05, 0) is 58.2 Å². The Kier molecular flexibility index (Phi) is 6.47. The Morgan fingerprint density at radius 2 is 2.09 bits per heavy atom. The van der Waals surface area contributed by atoms with E-state index < -0.39 is 5.82 Å². The fourth-order valence-corrected chi connectivity index (χ4v) is 5.12. The van der Waals surface area contributed by atoms with Crippen LogP contribution in [0.2, 0.25) is 0 Å². The first-order valence-corrected chi connectivity index (χ1v) is 11.9. The summed E-state index contributed by atoms with van der Waals surface area (Å²) in [6.07, 6.45) is 3.69. The standard InChI is InChI=1S/C21H22FIN6O2S/c1-21(2)8-13-16(18(30)24-5-6-29-10-26-27-11-29)20(32-17(13)19(31)25-9-21)28-15-4-3-12(23)7-14(15)22/h3-4,7,10-11,28H,5-6,8-9H2,1-2H3,(H,24,30)(H,25,31). The van der Waals surface area contributed by atoms with Crippen LogP contribution in [0.25, 0.3) is 0 Å². The van der Waals surface area contributed by atoms with E-state index in [2.05, 4.69) is 26.1 Å². The van der Waals surface area contributed by atoms with Crippen molar-refractivity contribution in [3.63, 3.8) is 0 Å². The second kappa shape index (κ2) is 9.14. The Morgan fingerprint density at radius 1 is 1.34 bits per heavy atom. The van der Waals surface area contributed by atoms with Crippen LogP contribution in [0.5, 0.6) is 0 Å². The van der Waals surface area contributed by atoms with Crippen molar-refractivity contribution in [1.82, 2.24) is 25.4 Å². The topological polar surface area (TPSA) is 101 Å². The van der Waals surface area contributed by atoms with Gasteiger partial charge in [0.15, 0.2) is 0 Å². The molecular formula is C21H22FIN6O2S. The van der Waals surface area contributed by atoms with E-state index in [0.29, 0.717) is 47.1 Å². The van der Waals surface area contributed by atoms with E-state index in [1.165, 1.54) is 17.4 Å². The molecule has 0 saturated carbocycles. The molecule has 0 atom stereocenters. The van der Waals surface area contributed by atoms with Crippen LogP contribution in [0.15, 0.2) is 30.9 Å². The quantitative estimate of drug-likeness (QED) is 0.395. The summed E-state index contributed by atoms with van der Waals surface area (Å²) in [7, 11) is 0. The molecule has 4 rings (SSSR count). The second-order valence-electron chi connectivity index (χ2n) is 8.34. The molecule has 3 N–H and O–H groups in total. The van der Waals surface area contributed by atoms with Gasteiger partial charge in [0.05, 0.1) is 16.1 Å². The Morgan fingerprint density at radius 3 is 2.81 bits per heavy atom. The van der Waals surface area contributed by atoms with Gasteiger partial charge in [0.2, 0.25) is 0 Å². The Hall–Kier alpha value is -2.54. The maximum absolute atomic E-state index is 14.5. The number of anilines is 2. The molecule has 1 aliphatic heterocycles. The molecule has 2 amide bonds. The number of halogens is 2. The van der Waals surface area contributed by atoms with E-state index in [-0.39, 0.29) is 22.9 Å². The van der Waals surface area contributed by atoms with E-state index in [0.717, 1.165) is 3.57 Å². The van der Waals surface area contributed by atoms with Gasteiger partial charge in [0.1, 0.15) is 23.5 Å². The van der Waals surface area contributed by atoms with Crippen molar-refractivity contribution in [1.29, 1.82) is 0 Å². The average molecular weight is 568 g/mol. The number of rotatable bonds is 6. The lowest BCUT2D eigenvalue weighted by Crippen LogP contribution is -2.32. The van der Waals surface area contributed by atoms with Crippen LogP contribution in [-0.4, -0.2) is 39.7 Å². The van der Waals surface area contributed by atoms with Crippen LogP contribution in [0.1, 0.15) is 39.4 Å². The average Bonchev–Trinajstić information content (AvgIpc) is 3.34. The zero-order valence-electron chi connectivity index (χ0n) is 17.5. The van der Waals surface area contributed by atoms with Gasteiger partial charge in [-0.1, -0.05) is 13.8 Å². The number of thiophene rings is 1. The Labute approximate surface area is 202 Å². The highest BCUT2D eigenvalue weighted by molar-refractivity contribution is 14.1. The molecule has 0 spiro atoms. The van der Waals surface area contributed by atoms with Crippen molar-refractivity contribution in [2.75, 3.05) is 18.4 Å². The number of nitrogens with zero attached hydrogens (tertiary/aromatic N) is 3. The van der Waals surface area contributed by atoms with Gasteiger partial charge in [-0.15, -0.1) is 21.5 Å². The number of amides is 2. The lowest BCUT2D eigenvalue weighted by molar-refractivity contribution is 0.0944. The Balaban J connectivity index is 1.69. The molecule has 0 aliphatic carbocycles. The highest BCUT2D eigenvalue weighted by Gasteiger charge is 2.34. The van der Waals surface area contributed by atoms with Gasteiger partial charge < -0.3 is 20.5 Å². The molecule has 0 fully saturated rings. The minimum absolute atomic E-state index is 0.217. The number of nitrogens with one attached hydrogen (secondary N) is 3. The summed E-state index contributed by atoms with van der Waals surface area (Å²) >= 11 is 3.21. The maximum Gasteiger partial charge on any atom is 0.261 e. The van der Waals surface area contributed by atoms with Crippen LogP contribution < -0.4 is 16.0 Å². The molecule has 2 aromatic heterocycles. The van der Waals surface area contributed by atoms with Gasteiger partial charge in [0, 0.05) is 23.2 Å². The summed E-state index contributed by atoms with van der Waals surface area (Å²) in [5.41, 5.74) is 1.09. The first-order chi connectivity index (χ1) is 15.2. The van der Waals surface area contributed by atoms with Crippen molar-refractivity contribution < 1.29 is 14.0 Å². The number of fused-ring (bicyclic) bond motifs is 1. The summed E-state index contributed by atoms with van der Waals surface area (Å²) in [5.74, 6) is -0.955. The minimum atomic E-state index is -0.427. The molecule has 0 radical (unpaired) electrons. The lowest BCUT2D eigenvalue weighted by Gasteiger charge is -2.22. The van der Waals surface area contributed by atoms with Crippen LogP contribution >= 0.6 is 33.9 Å². The van der Waals surface area contributed by atoms with Crippen molar-refractivity contribution in [2.45, 2.75) is 26.8 Å². The molecule has 3 aromatic rings. The molecule has 11 heteroatoms. The molecule has 1 aromatic carbocycles. The SMILES string of the molecule is CC1(C)CNC(=O)c2sc(Nc3ccc(I)cc3F)c(C(=O)NCCn3cnnc3)c2C1. The van der Waals surface area contributed by atoms with Crippen LogP contribution in [0.3, 0.4) is 0 Å². The zero-order valence-corrected chi connectivity index (χ0v) is 20.5. The smallest absolute Gasteiger partial charge is 0.261 e. The van der Waals surface area contributed by atoms with Crippen molar-refractivity contribution >= 4 is 56.4 Å². The van der Waals surface area contributed by atoms with Crippen LogP contribution in [0, 0.1) is 14.8 Å². The third-order valence-electron chi connectivity index (χ3n) is 5.12. The molecule has 0 unspecified atom stereocenters. The van der Waals surface area contributed by atoms with Gasteiger partial charge in [-0.2, -0.15) is 0 Å². The summed E-state index contributed by atoms with van der Waals surface area (Å²) in [5, 5.41) is 16.8. The number of hydrogen-bond donors (Lipinski definition) is 3. The molecule has 168 valence electrons. The first kappa shape index (κ1) is 22.6. The minimum Gasteiger partial charge on any atom is -0.351 e. The number of carbonyl (C=O) groups excluding carboxylic acids is 2. The highest BCUT2D eigenvalue weighted by atomic mass is 127. The third-order valence-corrected chi connectivity index (χ3v) is 6.94. The molecule has 8 nitrogen and oxygen atoms in total. The van der Waals surface area contributed by atoms with Crippen molar-refractivity contribution in [3.05, 3.63) is 56.2 Å². The Bertz CT molecular complexity index is 1160. The maximum atomic E-state index is 14.5. The van der Waals surface area contributed by atoms with Gasteiger partial charge in [-0.25, -0.2) is 4.39 Å². The van der Waals surface area contributed by atoms with E-state index in [4.69, 9.17) is 0 Å². The predicted octanol–water partition coefficient (Wildman–Crippen LogP) is 3.57. The molecule has 3 heterocycles. The lowest BCUT2D eigenvalue weighted by atomic mass is 9.85. The van der Waals surface area contributed by atoms with E-state index in [9.17, 15) is 14.0 Å². The largest absolute Gasteiger partial charge is 0.351 e. The normalized spacial score (nSPS) is 14.9. The highest BCUT2D eigenvalue weighted by Crippen LogP contribution is 2.40. The predicted molar refractivity (Wildman–Crippen MR) is 129 cm³/mol. The first-order valence-electron chi connectivity index (χ1n) is 10.00. The van der Waals surface area contributed by atoms with Gasteiger partial charge in [-0.3, -0.25) is 9.59 Å². The summed E-state index contributed by atoms with van der Waals surface area (Å²) in [6.45, 7) is 5.45. The molecular weight excluding hydrogens is 546 g/mol. The van der Waals surface area contributed by atoms with Crippen LogP contribution in [-0.2, 0) is 13.0 Å². The van der Waals surface area contributed by atoms with Crippen molar-refractivity contribution in [3.8, 4) is 0 Å². The van der Waals surface area contributed by atoms with Crippen LogP contribution in [0.4, 0.5) is 15.1 Å². The number of hydrogen-bond acceptors (Lipinski definition) is 6. The molecule has 32 heavy (non-hydrogen) atoms. The van der Waals surface area contributed by atoms with E-state index in [1.54, 1.807) is 29.4 Å². The van der Waals surface area contributed by atoms with Crippen molar-refractivity contribution in [2.24, 2.45) is 5.41 Å². The summed E-state index contributed by atoms with van der Waals surface area (Å²) in [6, 6.07) is 4.81. The van der Waals surface area contributed by atoms with E-state index >= 15 is 0 Å². The number of benzene rings is 1. The molecule has 1 aliphatic rings. The second-order valence-corrected chi connectivity index (χ2v) is 10.6. The van der Waals surface area contributed by atoms with E-state index in [1.807, 2.05) is 36.4 Å². The fraction of sp³-hybridized carbons (Fsp3) is 0.333. The monoisotopic (exact) mass is 568 g/mol. The molecule has 0 bridgehead atoms. The van der Waals surface area contributed by atoms with Gasteiger partial charge in [0.25, 0.3) is 11.8 Å². The summed E-state index contributed by atoms with van der Waals surface area (Å²) < 4.78 is 17.0. The summed E-state index contributed by atoms with van der Waals surface area (Å²) in [4.78, 5) is 26.5. The number of carbonyl (C=O) groups is 2. The van der Waals surface area contributed by atoms with Gasteiger partial charge >= 0.3 is 0 Å².